The summed E-state index contributed by atoms with van der Waals surface area (Å²) >= 11 is 0. The quantitative estimate of drug-likeness (QED) is 0.331. The number of rotatable bonds is 6. The molecule has 1 aromatic heterocycles. The Labute approximate surface area is 176 Å². The molecule has 1 heterocycles. The van der Waals surface area contributed by atoms with Crippen LogP contribution in [-0.2, 0) is 0 Å². The van der Waals surface area contributed by atoms with Crippen molar-refractivity contribution in [3.05, 3.63) is 102 Å². The lowest BCUT2D eigenvalue weighted by molar-refractivity contribution is 0.0956. The fraction of sp³-hybridized carbons (Fsp3) is 0.115. The van der Waals surface area contributed by atoms with Gasteiger partial charge in [0.15, 0.2) is 0 Å². The van der Waals surface area contributed by atoms with Crippen LogP contribution < -0.4 is 5.43 Å². The molecule has 0 bridgehead atoms. The number of pyridine rings is 1. The van der Waals surface area contributed by atoms with Crippen LogP contribution in [0.15, 0.2) is 96.1 Å². The monoisotopic (exact) mass is 393 g/mol. The molecule has 3 aromatic carbocycles. The highest BCUT2D eigenvalue weighted by Crippen LogP contribution is 2.24. The van der Waals surface area contributed by atoms with Gasteiger partial charge in [0.1, 0.15) is 0 Å². The molecule has 4 nitrogen and oxygen atoms in total. The van der Waals surface area contributed by atoms with Gasteiger partial charge in [-0.1, -0.05) is 92.2 Å². The fourth-order valence-electron chi connectivity index (χ4n) is 3.43. The molecule has 0 atom stereocenters. The Hall–Kier alpha value is -3.79. The average Bonchev–Trinajstić information content (AvgIpc) is 2.82. The van der Waals surface area contributed by atoms with Gasteiger partial charge in [-0.05, 0) is 24.1 Å². The summed E-state index contributed by atoms with van der Waals surface area (Å²) < 4.78 is 0. The van der Waals surface area contributed by atoms with Crippen molar-refractivity contribution < 1.29 is 4.79 Å². The van der Waals surface area contributed by atoms with Crippen molar-refractivity contribution >= 4 is 22.5 Å². The third kappa shape index (κ3) is 4.28. The summed E-state index contributed by atoms with van der Waals surface area (Å²) in [4.78, 5) is 17.9. The largest absolute Gasteiger partial charge is 0.272 e. The van der Waals surface area contributed by atoms with Crippen molar-refractivity contribution in [1.29, 1.82) is 0 Å². The van der Waals surface area contributed by atoms with Crippen molar-refractivity contribution in [2.75, 3.05) is 0 Å². The molecule has 0 saturated heterocycles. The van der Waals surface area contributed by atoms with E-state index in [2.05, 4.69) is 17.5 Å². The van der Waals surface area contributed by atoms with Gasteiger partial charge in [-0.2, -0.15) is 5.10 Å². The van der Waals surface area contributed by atoms with Crippen LogP contribution >= 0.6 is 0 Å². The predicted molar refractivity (Wildman–Crippen MR) is 123 cm³/mol. The van der Waals surface area contributed by atoms with E-state index < -0.39 is 0 Å². The van der Waals surface area contributed by atoms with Crippen molar-refractivity contribution in [2.24, 2.45) is 5.10 Å². The summed E-state index contributed by atoms with van der Waals surface area (Å²) in [6.45, 7) is 2.10. The number of hydrogen-bond acceptors (Lipinski definition) is 3. The predicted octanol–water partition coefficient (Wildman–Crippen LogP) is 5.84. The lowest BCUT2D eigenvalue weighted by Gasteiger charge is -2.10. The summed E-state index contributed by atoms with van der Waals surface area (Å²) in [5.41, 5.74) is 7.74. The van der Waals surface area contributed by atoms with Gasteiger partial charge >= 0.3 is 0 Å². The highest BCUT2D eigenvalue weighted by molar-refractivity contribution is 6.08. The normalized spacial score (nSPS) is 11.4. The highest BCUT2D eigenvalue weighted by atomic mass is 16.2. The molecule has 1 N–H and O–H groups in total. The number of para-hydroxylation sites is 1. The number of fused-ring (bicyclic) bond motifs is 1. The molecule has 1 amide bonds. The lowest BCUT2D eigenvalue weighted by Crippen LogP contribution is -2.20. The lowest BCUT2D eigenvalue weighted by atomic mass is 10.0. The summed E-state index contributed by atoms with van der Waals surface area (Å²) in [5.74, 6) is -0.240. The molecule has 0 spiro atoms. The summed E-state index contributed by atoms with van der Waals surface area (Å²) in [7, 11) is 0. The van der Waals surface area contributed by atoms with Gasteiger partial charge in [0, 0.05) is 10.9 Å². The van der Waals surface area contributed by atoms with Crippen molar-refractivity contribution in [3.8, 4) is 11.3 Å². The Morgan fingerprint density at radius 1 is 0.900 bits per heavy atom. The molecule has 30 heavy (non-hydrogen) atoms. The van der Waals surface area contributed by atoms with Crippen molar-refractivity contribution in [3.63, 3.8) is 0 Å². The topological polar surface area (TPSA) is 54.4 Å². The first-order chi connectivity index (χ1) is 14.8. The fourth-order valence-corrected chi connectivity index (χ4v) is 3.43. The number of nitrogens with one attached hydrogen (secondary N) is 1. The van der Waals surface area contributed by atoms with Gasteiger partial charge in [0.25, 0.3) is 5.91 Å². The summed E-state index contributed by atoms with van der Waals surface area (Å²) in [6.07, 6.45) is 1.73. The van der Waals surface area contributed by atoms with E-state index in [9.17, 15) is 4.79 Å². The van der Waals surface area contributed by atoms with Gasteiger partial charge in [-0.3, -0.25) is 4.79 Å². The number of nitrogens with zero attached hydrogens (tertiary/aromatic N) is 2. The first-order valence-corrected chi connectivity index (χ1v) is 10.1. The van der Waals surface area contributed by atoms with Gasteiger partial charge in [-0.15, -0.1) is 0 Å². The number of carbonyl (C=O) groups excluding carboxylic acids is 1. The average molecular weight is 393 g/mol. The number of hydrogen-bond donors (Lipinski definition) is 1. The molecule has 0 aliphatic rings. The molecule has 0 fully saturated rings. The van der Waals surface area contributed by atoms with E-state index in [1.165, 1.54) is 0 Å². The molecular formula is C26H23N3O. The van der Waals surface area contributed by atoms with E-state index in [4.69, 9.17) is 4.98 Å². The number of hydrazone groups is 1. The molecule has 148 valence electrons. The maximum atomic E-state index is 13.1. The van der Waals surface area contributed by atoms with Crippen LogP contribution in [0.2, 0.25) is 0 Å². The smallest absolute Gasteiger partial charge is 0.267 e. The zero-order valence-electron chi connectivity index (χ0n) is 16.9. The molecule has 0 radical (unpaired) electrons. The summed E-state index contributed by atoms with van der Waals surface area (Å²) in [5, 5.41) is 5.27. The Kier molecular flexibility index (Phi) is 5.95. The van der Waals surface area contributed by atoms with Gasteiger partial charge < -0.3 is 0 Å². The SMILES string of the molecule is CCCC(=NNC(=O)c1cc(-c2ccccc2)nc2ccccc12)c1ccccc1. The number of carbonyl (C=O) groups is 1. The van der Waals surface area contributed by atoms with E-state index in [0.717, 1.165) is 46.3 Å². The van der Waals surface area contributed by atoms with Crippen LogP contribution in [0.4, 0.5) is 0 Å². The van der Waals surface area contributed by atoms with E-state index in [0.29, 0.717) is 5.56 Å². The zero-order valence-corrected chi connectivity index (χ0v) is 16.9. The Morgan fingerprint density at radius 2 is 1.57 bits per heavy atom. The maximum absolute atomic E-state index is 13.1. The third-order valence-corrected chi connectivity index (χ3v) is 4.92. The second-order valence-corrected chi connectivity index (χ2v) is 7.05. The standard InChI is InChI=1S/C26H23N3O/c1-2-11-23(19-12-5-3-6-13-19)28-29-26(30)22-18-25(20-14-7-4-8-15-20)27-24-17-10-9-16-21(22)24/h3-10,12-18H,2,11H2,1H3,(H,29,30). The van der Waals surface area contributed by atoms with Crippen LogP contribution in [0.25, 0.3) is 22.2 Å². The molecule has 0 aliphatic heterocycles. The number of aromatic nitrogens is 1. The number of benzene rings is 3. The molecule has 0 saturated carbocycles. The third-order valence-electron chi connectivity index (χ3n) is 4.92. The number of amides is 1. The molecule has 4 rings (SSSR count). The van der Waals surface area contributed by atoms with Crippen molar-refractivity contribution in [1.82, 2.24) is 10.4 Å². The second kappa shape index (κ2) is 9.14. The molecule has 4 heteroatoms. The Morgan fingerprint density at radius 3 is 2.30 bits per heavy atom. The van der Waals surface area contributed by atoms with E-state index >= 15 is 0 Å². The summed E-state index contributed by atoms with van der Waals surface area (Å²) in [6, 6.07) is 29.3. The van der Waals surface area contributed by atoms with Gasteiger partial charge in [0.05, 0.1) is 22.5 Å². The zero-order chi connectivity index (χ0) is 20.8. The van der Waals surface area contributed by atoms with Gasteiger partial charge in [-0.25, -0.2) is 10.4 Å². The molecule has 4 aromatic rings. The molecule has 0 aliphatic carbocycles. The highest BCUT2D eigenvalue weighted by Gasteiger charge is 2.14. The van der Waals surface area contributed by atoms with E-state index in [1.807, 2.05) is 91.0 Å². The molecular weight excluding hydrogens is 370 g/mol. The van der Waals surface area contributed by atoms with Crippen LogP contribution in [0.5, 0.6) is 0 Å². The Bertz CT molecular complexity index is 1180. The minimum absolute atomic E-state index is 0.240. The first kappa shape index (κ1) is 19.5. The molecule has 0 unspecified atom stereocenters. The minimum atomic E-state index is -0.240. The second-order valence-electron chi connectivity index (χ2n) is 7.05. The first-order valence-electron chi connectivity index (χ1n) is 10.1. The minimum Gasteiger partial charge on any atom is -0.267 e. The van der Waals surface area contributed by atoms with Gasteiger partial charge in [0.2, 0.25) is 0 Å². The van der Waals surface area contributed by atoms with E-state index in [1.54, 1.807) is 0 Å². The van der Waals surface area contributed by atoms with Crippen molar-refractivity contribution in [2.45, 2.75) is 19.8 Å². The Balaban J connectivity index is 1.72. The van der Waals surface area contributed by atoms with Crippen LogP contribution in [0, 0.1) is 0 Å². The van der Waals surface area contributed by atoms with Crippen LogP contribution in [0.1, 0.15) is 35.7 Å². The van der Waals surface area contributed by atoms with Crippen LogP contribution in [-0.4, -0.2) is 16.6 Å². The maximum Gasteiger partial charge on any atom is 0.272 e. The van der Waals surface area contributed by atoms with Crippen LogP contribution in [0.3, 0.4) is 0 Å². The van der Waals surface area contributed by atoms with E-state index in [-0.39, 0.29) is 5.91 Å².